The lowest BCUT2D eigenvalue weighted by molar-refractivity contribution is -0.126. The fourth-order valence-electron chi connectivity index (χ4n) is 4.81. The minimum absolute atomic E-state index is 0.0962. The minimum atomic E-state index is -0.0962. The van der Waals surface area contributed by atoms with Crippen molar-refractivity contribution in [3.63, 3.8) is 0 Å². The average Bonchev–Trinajstić information content (AvgIpc) is 3.25. The van der Waals surface area contributed by atoms with Gasteiger partial charge in [-0.15, -0.1) is 0 Å². The van der Waals surface area contributed by atoms with Crippen molar-refractivity contribution in [1.82, 2.24) is 9.80 Å². The summed E-state index contributed by atoms with van der Waals surface area (Å²) < 4.78 is 6.61. The van der Waals surface area contributed by atoms with Gasteiger partial charge in [0, 0.05) is 18.7 Å². The predicted octanol–water partition coefficient (Wildman–Crippen LogP) is 3.24. The molecule has 4 rings (SSSR count). The van der Waals surface area contributed by atoms with Gasteiger partial charge in [0.2, 0.25) is 0 Å². The lowest BCUT2D eigenvalue weighted by atomic mass is 9.90. The van der Waals surface area contributed by atoms with Gasteiger partial charge in [-0.2, -0.15) is 0 Å². The average molecular weight is 342 g/mol. The molecule has 25 heavy (non-hydrogen) atoms. The van der Waals surface area contributed by atoms with E-state index in [9.17, 15) is 4.79 Å². The number of rotatable bonds is 3. The standard InChI is InChI=1S/C21H30N2O2/c1-17-7-2-3-9-19(17)20(24)23-14-11-21(16-23)10-6-8-18(25-21)15-22-12-4-5-13-22/h2-3,7,9,18H,4-6,8,10-16H2,1H3/t18-,21+/m0/s1. The van der Waals surface area contributed by atoms with Gasteiger partial charge in [-0.25, -0.2) is 0 Å². The fraction of sp³-hybridized carbons (Fsp3) is 0.667. The van der Waals surface area contributed by atoms with Gasteiger partial charge >= 0.3 is 0 Å². The summed E-state index contributed by atoms with van der Waals surface area (Å²) in [5.74, 6) is 0.167. The number of nitrogens with zero attached hydrogens (tertiary/aromatic N) is 2. The summed E-state index contributed by atoms with van der Waals surface area (Å²) in [4.78, 5) is 17.5. The van der Waals surface area contributed by atoms with Crippen molar-refractivity contribution in [2.45, 2.75) is 57.2 Å². The van der Waals surface area contributed by atoms with Crippen LogP contribution in [0.1, 0.15) is 54.4 Å². The smallest absolute Gasteiger partial charge is 0.254 e. The largest absolute Gasteiger partial charge is 0.369 e. The molecule has 0 N–H and O–H groups in total. The Hall–Kier alpha value is -1.39. The third-order valence-electron chi connectivity index (χ3n) is 6.21. The van der Waals surface area contributed by atoms with E-state index in [2.05, 4.69) is 4.90 Å². The predicted molar refractivity (Wildman–Crippen MR) is 98.8 cm³/mol. The second kappa shape index (κ2) is 7.08. The molecule has 3 aliphatic heterocycles. The molecule has 4 nitrogen and oxygen atoms in total. The number of aryl methyl sites for hydroxylation is 1. The Morgan fingerprint density at radius 3 is 2.76 bits per heavy atom. The molecule has 2 atom stereocenters. The highest BCUT2D eigenvalue weighted by atomic mass is 16.5. The molecule has 1 aromatic carbocycles. The number of carbonyl (C=O) groups is 1. The lowest BCUT2D eigenvalue weighted by Crippen LogP contribution is -2.47. The van der Waals surface area contributed by atoms with Gasteiger partial charge in [0.05, 0.1) is 18.2 Å². The summed E-state index contributed by atoms with van der Waals surface area (Å²) in [6, 6.07) is 7.91. The Labute approximate surface area is 151 Å². The quantitative estimate of drug-likeness (QED) is 0.845. The topological polar surface area (TPSA) is 32.8 Å². The van der Waals surface area contributed by atoms with Gasteiger partial charge in [0.25, 0.3) is 5.91 Å². The maximum absolute atomic E-state index is 12.9. The summed E-state index contributed by atoms with van der Waals surface area (Å²) in [6.07, 6.45) is 7.49. The molecule has 0 bridgehead atoms. The monoisotopic (exact) mass is 342 g/mol. The van der Waals surface area contributed by atoms with Crippen LogP contribution < -0.4 is 0 Å². The zero-order chi connectivity index (χ0) is 17.3. The van der Waals surface area contributed by atoms with E-state index in [4.69, 9.17) is 4.74 Å². The third-order valence-corrected chi connectivity index (χ3v) is 6.21. The highest BCUT2D eigenvalue weighted by Gasteiger charge is 2.44. The first-order valence-corrected chi connectivity index (χ1v) is 9.90. The van der Waals surface area contributed by atoms with E-state index in [1.165, 1.54) is 38.8 Å². The lowest BCUT2D eigenvalue weighted by Gasteiger charge is -2.40. The van der Waals surface area contributed by atoms with Crippen molar-refractivity contribution in [1.29, 1.82) is 0 Å². The molecule has 1 aromatic rings. The van der Waals surface area contributed by atoms with Crippen LogP contribution >= 0.6 is 0 Å². The highest BCUT2D eigenvalue weighted by Crippen LogP contribution is 2.37. The molecule has 0 aromatic heterocycles. The number of hydrogen-bond acceptors (Lipinski definition) is 3. The minimum Gasteiger partial charge on any atom is -0.369 e. The fourth-order valence-corrected chi connectivity index (χ4v) is 4.81. The van der Waals surface area contributed by atoms with Crippen LogP contribution in [0.25, 0.3) is 0 Å². The first-order valence-electron chi connectivity index (χ1n) is 9.90. The molecule has 1 amide bonds. The molecule has 136 valence electrons. The number of benzene rings is 1. The summed E-state index contributed by atoms with van der Waals surface area (Å²) in [5, 5.41) is 0. The number of ether oxygens (including phenoxy) is 1. The van der Waals surface area contributed by atoms with Crippen molar-refractivity contribution >= 4 is 5.91 Å². The molecule has 3 saturated heterocycles. The molecule has 3 aliphatic rings. The Kier molecular flexibility index (Phi) is 4.83. The molecule has 0 saturated carbocycles. The summed E-state index contributed by atoms with van der Waals surface area (Å²) >= 11 is 0. The van der Waals surface area contributed by atoms with E-state index in [1.54, 1.807) is 0 Å². The number of hydrogen-bond donors (Lipinski definition) is 0. The molecular weight excluding hydrogens is 312 g/mol. The zero-order valence-electron chi connectivity index (χ0n) is 15.4. The van der Waals surface area contributed by atoms with E-state index in [1.807, 2.05) is 36.1 Å². The van der Waals surface area contributed by atoms with E-state index in [0.29, 0.717) is 6.10 Å². The second-order valence-corrected chi connectivity index (χ2v) is 8.11. The first-order chi connectivity index (χ1) is 12.2. The molecule has 3 heterocycles. The van der Waals surface area contributed by atoms with E-state index in [0.717, 1.165) is 43.6 Å². The van der Waals surface area contributed by atoms with Crippen molar-refractivity contribution in [2.24, 2.45) is 0 Å². The zero-order valence-corrected chi connectivity index (χ0v) is 15.4. The van der Waals surface area contributed by atoms with Crippen molar-refractivity contribution < 1.29 is 9.53 Å². The van der Waals surface area contributed by atoms with Crippen LogP contribution in [0.3, 0.4) is 0 Å². The van der Waals surface area contributed by atoms with Gasteiger partial charge in [-0.05, 0) is 70.2 Å². The van der Waals surface area contributed by atoms with Gasteiger partial charge in [0.15, 0.2) is 0 Å². The van der Waals surface area contributed by atoms with Crippen LogP contribution in [0.5, 0.6) is 0 Å². The van der Waals surface area contributed by atoms with Crippen LogP contribution in [0.15, 0.2) is 24.3 Å². The Morgan fingerprint density at radius 2 is 1.96 bits per heavy atom. The van der Waals surface area contributed by atoms with Crippen LogP contribution in [0.2, 0.25) is 0 Å². The third kappa shape index (κ3) is 3.61. The van der Waals surface area contributed by atoms with E-state index in [-0.39, 0.29) is 11.5 Å². The normalized spacial score (nSPS) is 30.3. The van der Waals surface area contributed by atoms with Crippen molar-refractivity contribution in [3.8, 4) is 0 Å². The first kappa shape index (κ1) is 17.0. The Morgan fingerprint density at radius 1 is 1.16 bits per heavy atom. The Bertz CT molecular complexity index is 626. The molecule has 0 radical (unpaired) electrons. The molecule has 0 unspecified atom stereocenters. The van der Waals surface area contributed by atoms with Gasteiger partial charge in [-0.1, -0.05) is 18.2 Å². The van der Waals surface area contributed by atoms with Crippen molar-refractivity contribution in [2.75, 3.05) is 32.7 Å². The molecular formula is C21H30N2O2. The van der Waals surface area contributed by atoms with Gasteiger partial charge < -0.3 is 14.5 Å². The number of carbonyl (C=O) groups excluding carboxylic acids is 1. The van der Waals surface area contributed by atoms with Crippen molar-refractivity contribution in [3.05, 3.63) is 35.4 Å². The van der Waals surface area contributed by atoms with Crippen LogP contribution in [-0.4, -0.2) is 60.1 Å². The molecule has 1 spiro atoms. The Balaban J connectivity index is 1.40. The maximum Gasteiger partial charge on any atom is 0.254 e. The molecule has 3 fully saturated rings. The SMILES string of the molecule is Cc1ccccc1C(=O)N1CC[C@]2(CCC[C@@H](CN3CCCC3)O2)C1. The van der Waals surface area contributed by atoms with Gasteiger partial charge in [-0.3, -0.25) is 4.79 Å². The van der Waals surface area contributed by atoms with Gasteiger partial charge in [0.1, 0.15) is 0 Å². The van der Waals surface area contributed by atoms with Crippen LogP contribution in [-0.2, 0) is 4.74 Å². The summed E-state index contributed by atoms with van der Waals surface area (Å²) in [7, 11) is 0. The highest BCUT2D eigenvalue weighted by molar-refractivity contribution is 5.95. The number of amides is 1. The number of likely N-dealkylation sites (tertiary alicyclic amines) is 2. The van der Waals surface area contributed by atoms with Crippen LogP contribution in [0.4, 0.5) is 0 Å². The van der Waals surface area contributed by atoms with E-state index < -0.39 is 0 Å². The van der Waals surface area contributed by atoms with E-state index >= 15 is 0 Å². The van der Waals surface area contributed by atoms with Crippen LogP contribution in [0, 0.1) is 6.92 Å². The second-order valence-electron chi connectivity index (χ2n) is 8.11. The molecule has 4 heteroatoms. The summed E-state index contributed by atoms with van der Waals surface area (Å²) in [5.41, 5.74) is 1.80. The molecule has 0 aliphatic carbocycles. The summed E-state index contributed by atoms with van der Waals surface area (Å²) in [6.45, 7) is 7.13. The maximum atomic E-state index is 12.9.